The Kier molecular flexibility index (Phi) is 2.57. The van der Waals surface area contributed by atoms with Gasteiger partial charge in [0.25, 0.3) is 0 Å². The highest BCUT2D eigenvalue weighted by Gasteiger charge is 2.46. The van der Waals surface area contributed by atoms with Crippen LogP contribution in [0.5, 0.6) is 0 Å². The first-order chi connectivity index (χ1) is 6.74. The Bertz CT molecular complexity index is 257. The summed E-state index contributed by atoms with van der Waals surface area (Å²) >= 11 is 0. The lowest BCUT2D eigenvalue weighted by Gasteiger charge is -2.26. The van der Waals surface area contributed by atoms with Gasteiger partial charge in [0, 0.05) is 12.3 Å². The highest BCUT2D eigenvalue weighted by Crippen LogP contribution is 2.44. The van der Waals surface area contributed by atoms with E-state index in [9.17, 15) is 9.59 Å². The number of ether oxygens (including phenoxy) is 1. The van der Waals surface area contributed by atoms with E-state index < -0.39 is 0 Å². The Morgan fingerprint density at radius 3 is 2.79 bits per heavy atom. The van der Waals surface area contributed by atoms with Crippen LogP contribution in [0.3, 0.4) is 0 Å². The summed E-state index contributed by atoms with van der Waals surface area (Å²) in [6.45, 7) is 0. The third-order valence-corrected chi connectivity index (χ3v) is 3.67. The van der Waals surface area contributed by atoms with Crippen LogP contribution < -0.4 is 0 Å². The van der Waals surface area contributed by atoms with Crippen LogP contribution >= 0.6 is 0 Å². The maximum absolute atomic E-state index is 11.6. The molecule has 2 aliphatic carbocycles. The SMILES string of the molecule is COC(=O)C1CC(=O)C2CCCCC21. The number of esters is 1. The number of fused-ring (bicyclic) bond motifs is 1. The van der Waals surface area contributed by atoms with Gasteiger partial charge in [0.05, 0.1) is 13.0 Å². The van der Waals surface area contributed by atoms with Crippen molar-refractivity contribution in [2.75, 3.05) is 7.11 Å². The molecule has 0 heterocycles. The molecule has 0 radical (unpaired) electrons. The third kappa shape index (κ3) is 1.45. The maximum atomic E-state index is 11.6. The molecule has 0 N–H and O–H groups in total. The third-order valence-electron chi connectivity index (χ3n) is 3.67. The van der Waals surface area contributed by atoms with Gasteiger partial charge in [-0.3, -0.25) is 9.59 Å². The van der Waals surface area contributed by atoms with E-state index in [1.54, 1.807) is 0 Å². The quantitative estimate of drug-likeness (QED) is 0.598. The summed E-state index contributed by atoms with van der Waals surface area (Å²) in [7, 11) is 1.41. The molecular weight excluding hydrogens is 180 g/mol. The molecule has 0 aromatic heterocycles. The molecule has 3 nitrogen and oxygen atoms in total. The van der Waals surface area contributed by atoms with Gasteiger partial charge in [-0.2, -0.15) is 0 Å². The van der Waals surface area contributed by atoms with E-state index in [1.807, 2.05) is 0 Å². The van der Waals surface area contributed by atoms with E-state index in [0.29, 0.717) is 6.42 Å². The molecule has 2 saturated carbocycles. The molecule has 0 aromatic carbocycles. The van der Waals surface area contributed by atoms with Crippen LogP contribution in [0.25, 0.3) is 0 Å². The Morgan fingerprint density at radius 2 is 2.07 bits per heavy atom. The fourth-order valence-electron chi connectivity index (χ4n) is 2.97. The zero-order valence-corrected chi connectivity index (χ0v) is 8.49. The van der Waals surface area contributed by atoms with Gasteiger partial charge in [0.15, 0.2) is 0 Å². The van der Waals surface area contributed by atoms with Crippen LogP contribution in [0.4, 0.5) is 0 Å². The maximum Gasteiger partial charge on any atom is 0.309 e. The van der Waals surface area contributed by atoms with E-state index in [4.69, 9.17) is 4.74 Å². The summed E-state index contributed by atoms with van der Waals surface area (Å²) < 4.78 is 4.74. The lowest BCUT2D eigenvalue weighted by atomic mass is 9.78. The number of hydrogen-bond acceptors (Lipinski definition) is 3. The van der Waals surface area contributed by atoms with Crippen molar-refractivity contribution in [1.29, 1.82) is 0 Å². The Balaban J connectivity index is 2.13. The van der Waals surface area contributed by atoms with Gasteiger partial charge in [0.2, 0.25) is 0 Å². The number of Topliss-reactive ketones (excluding diaryl/α,β-unsaturated/α-hetero) is 1. The highest BCUT2D eigenvalue weighted by molar-refractivity contribution is 5.90. The monoisotopic (exact) mass is 196 g/mol. The molecule has 0 aliphatic heterocycles. The molecule has 0 aromatic rings. The molecule has 14 heavy (non-hydrogen) atoms. The zero-order chi connectivity index (χ0) is 10.1. The number of ketones is 1. The lowest BCUT2D eigenvalue weighted by Crippen LogP contribution is -2.26. The average Bonchev–Trinajstić information content (AvgIpc) is 2.56. The fourth-order valence-corrected chi connectivity index (χ4v) is 2.97. The summed E-state index contributed by atoms with van der Waals surface area (Å²) in [6.07, 6.45) is 4.72. The zero-order valence-electron chi connectivity index (χ0n) is 8.49. The topological polar surface area (TPSA) is 43.4 Å². The average molecular weight is 196 g/mol. The van der Waals surface area contributed by atoms with E-state index in [0.717, 1.165) is 25.7 Å². The van der Waals surface area contributed by atoms with Crippen molar-refractivity contribution in [2.45, 2.75) is 32.1 Å². The van der Waals surface area contributed by atoms with E-state index >= 15 is 0 Å². The van der Waals surface area contributed by atoms with Crippen LogP contribution in [-0.4, -0.2) is 18.9 Å². The van der Waals surface area contributed by atoms with Gasteiger partial charge in [0.1, 0.15) is 5.78 Å². The van der Waals surface area contributed by atoms with Crippen molar-refractivity contribution in [1.82, 2.24) is 0 Å². The summed E-state index contributed by atoms with van der Waals surface area (Å²) in [5, 5.41) is 0. The number of carbonyl (C=O) groups is 2. The first-order valence-electron chi connectivity index (χ1n) is 5.34. The predicted molar refractivity (Wildman–Crippen MR) is 50.6 cm³/mol. The van der Waals surface area contributed by atoms with E-state index in [1.165, 1.54) is 7.11 Å². The normalized spacial score (nSPS) is 36.6. The molecule has 3 atom stereocenters. The van der Waals surface area contributed by atoms with E-state index in [-0.39, 0.29) is 29.5 Å². The minimum Gasteiger partial charge on any atom is -0.469 e. The smallest absolute Gasteiger partial charge is 0.309 e. The lowest BCUT2D eigenvalue weighted by molar-refractivity contribution is -0.147. The molecule has 0 saturated heterocycles. The van der Waals surface area contributed by atoms with Crippen LogP contribution in [0.2, 0.25) is 0 Å². The molecule has 0 spiro atoms. The van der Waals surface area contributed by atoms with Gasteiger partial charge in [-0.1, -0.05) is 12.8 Å². The van der Waals surface area contributed by atoms with Crippen LogP contribution in [-0.2, 0) is 14.3 Å². The van der Waals surface area contributed by atoms with Crippen LogP contribution in [0, 0.1) is 17.8 Å². The van der Waals surface area contributed by atoms with Gasteiger partial charge < -0.3 is 4.74 Å². The molecular formula is C11H16O3. The minimum atomic E-state index is -0.187. The number of carbonyl (C=O) groups excluding carboxylic acids is 2. The van der Waals surface area contributed by atoms with Crippen LogP contribution in [0.1, 0.15) is 32.1 Å². The molecule has 0 amide bonds. The fraction of sp³-hybridized carbons (Fsp3) is 0.818. The van der Waals surface area contributed by atoms with Gasteiger partial charge in [-0.05, 0) is 18.8 Å². The van der Waals surface area contributed by atoms with Gasteiger partial charge in [-0.15, -0.1) is 0 Å². The van der Waals surface area contributed by atoms with Crippen molar-refractivity contribution >= 4 is 11.8 Å². The molecule has 2 rings (SSSR count). The number of hydrogen-bond donors (Lipinski definition) is 0. The molecule has 3 heteroatoms. The van der Waals surface area contributed by atoms with Crippen molar-refractivity contribution in [3.63, 3.8) is 0 Å². The Hall–Kier alpha value is -0.860. The Morgan fingerprint density at radius 1 is 1.36 bits per heavy atom. The standard InChI is InChI=1S/C11H16O3/c1-14-11(13)9-6-10(12)8-5-3-2-4-7(8)9/h7-9H,2-6H2,1H3. The number of rotatable bonds is 1. The van der Waals surface area contributed by atoms with Crippen molar-refractivity contribution in [3.05, 3.63) is 0 Å². The van der Waals surface area contributed by atoms with Crippen molar-refractivity contribution in [3.8, 4) is 0 Å². The second-order valence-corrected chi connectivity index (χ2v) is 4.35. The summed E-state index contributed by atoms with van der Waals surface area (Å²) in [5.74, 6) is 0.396. The largest absolute Gasteiger partial charge is 0.469 e. The van der Waals surface area contributed by atoms with Gasteiger partial charge >= 0.3 is 5.97 Å². The number of methoxy groups -OCH3 is 1. The molecule has 78 valence electrons. The first-order valence-corrected chi connectivity index (χ1v) is 5.34. The first kappa shape index (κ1) is 9.69. The van der Waals surface area contributed by atoms with Crippen molar-refractivity contribution in [2.24, 2.45) is 17.8 Å². The summed E-state index contributed by atoms with van der Waals surface area (Å²) in [6, 6.07) is 0. The van der Waals surface area contributed by atoms with Gasteiger partial charge in [-0.25, -0.2) is 0 Å². The molecule has 3 unspecified atom stereocenters. The second-order valence-electron chi connectivity index (χ2n) is 4.35. The van der Waals surface area contributed by atoms with Crippen LogP contribution in [0.15, 0.2) is 0 Å². The minimum absolute atomic E-state index is 0.141. The van der Waals surface area contributed by atoms with E-state index in [2.05, 4.69) is 0 Å². The van der Waals surface area contributed by atoms with Crippen molar-refractivity contribution < 1.29 is 14.3 Å². The molecule has 2 fully saturated rings. The molecule has 0 bridgehead atoms. The summed E-state index contributed by atoms with van der Waals surface area (Å²) in [4.78, 5) is 23.1. The predicted octanol–water partition coefficient (Wildman–Crippen LogP) is 1.55. The summed E-state index contributed by atoms with van der Waals surface area (Å²) in [5.41, 5.74) is 0. The second kappa shape index (κ2) is 3.71. The molecule has 2 aliphatic rings. The highest BCUT2D eigenvalue weighted by atomic mass is 16.5. The Labute approximate surface area is 83.8 Å².